The molecule has 0 bridgehead atoms. The third-order valence-corrected chi connectivity index (χ3v) is 5.16. The third-order valence-electron chi connectivity index (χ3n) is 5.16. The fourth-order valence-electron chi connectivity index (χ4n) is 3.54. The molecule has 1 rings (SSSR count). The van der Waals surface area contributed by atoms with Crippen LogP contribution >= 0.6 is 0 Å². The van der Waals surface area contributed by atoms with E-state index in [-0.39, 0.29) is 5.97 Å². The van der Waals surface area contributed by atoms with E-state index >= 15 is 0 Å². The van der Waals surface area contributed by atoms with Gasteiger partial charge >= 0.3 is 5.97 Å². The van der Waals surface area contributed by atoms with Crippen molar-refractivity contribution in [3.63, 3.8) is 0 Å². The molecule has 0 aromatic rings. The second-order valence-corrected chi connectivity index (χ2v) is 7.68. The second-order valence-electron chi connectivity index (χ2n) is 7.68. The molecule has 1 fully saturated rings. The average Bonchev–Trinajstić information content (AvgIpc) is 2.78. The minimum absolute atomic E-state index is 0.152. The van der Waals surface area contributed by atoms with E-state index in [0.29, 0.717) is 39.6 Å². The van der Waals surface area contributed by atoms with Gasteiger partial charge in [-0.25, -0.2) is 19.6 Å². The monoisotopic (exact) mass is 462 g/mol. The van der Waals surface area contributed by atoms with Crippen LogP contribution in [0.25, 0.3) is 0 Å². The van der Waals surface area contributed by atoms with Gasteiger partial charge in [-0.15, -0.1) is 0 Å². The average molecular weight is 463 g/mol. The maximum Gasteiger partial charge on any atom is 0.320 e. The van der Waals surface area contributed by atoms with Gasteiger partial charge in [-0.3, -0.25) is 19.5 Å². The zero-order valence-corrected chi connectivity index (χ0v) is 20.5. The van der Waals surface area contributed by atoms with E-state index in [1.165, 1.54) is 0 Å². The van der Waals surface area contributed by atoms with E-state index in [0.717, 1.165) is 78.3 Å². The number of nitrogens with one attached hydrogen (secondary N) is 1. The van der Waals surface area contributed by atoms with E-state index in [2.05, 4.69) is 20.0 Å². The van der Waals surface area contributed by atoms with Crippen LogP contribution in [0.1, 0.15) is 33.6 Å². The number of hydrogen-bond acceptors (Lipinski definition) is 10. The first-order chi connectivity index (χ1) is 15.7. The Morgan fingerprint density at radius 3 is 1.88 bits per heavy atom. The van der Waals surface area contributed by atoms with E-state index in [4.69, 9.17) is 24.3 Å². The van der Waals surface area contributed by atoms with Crippen LogP contribution in [0.15, 0.2) is 0 Å². The highest BCUT2D eigenvalue weighted by Gasteiger charge is 2.14. The first kappa shape index (κ1) is 29.2. The molecule has 0 atom stereocenters. The summed E-state index contributed by atoms with van der Waals surface area (Å²) in [6, 6.07) is 0. The summed E-state index contributed by atoms with van der Waals surface area (Å²) in [5.74, 6) is -0.152. The van der Waals surface area contributed by atoms with Gasteiger partial charge in [0.15, 0.2) is 0 Å². The lowest BCUT2D eigenvalue weighted by Crippen LogP contribution is -2.42. The van der Waals surface area contributed by atoms with Crippen molar-refractivity contribution in [3.8, 4) is 0 Å². The second kappa shape index (κ2) is 20.7. The van der Waals surface area contributed by atoms with Crippen LogP contribution in [0.3, 0.4) is 0 Å². The van der Waals surface area contributed by atoms with E-state index < -0.39 is 0 Å². The molecule has 0 aromatic carbocycles. The van der Waals surface area contributed by atoms with Gasteiger partial charge in [0, 0.05) is 45.8 Å². The van der Waals surface area contributed by atoms with E-state index in [9.17, 15) is 4.79 Å². The Hall–Kier alpha value is -0.850. The van der Waals surface area contributed by atoms with E-state index in [1.54, 1.807) is 0 Å². The first-order valence-corrected chi connectivity index (χ1v) is 12.2. The highest BCUT2D eigenvalue weighted by Crippen LogP contribution is 2.01. The Kier molecular flexibility index (Phi) is 18.9. The Morgan fingerprint density at radius 2 is 1.28 bits per heavy atom. The zero-order chi connectivity index (χ0) is 23.3. The molecule has 1 N–H and O–H groups in total. The molecule has 0 spiro atoms. The van der Waals surface area contributed by atoms with Crippen molar-refractivity contribution < 1.29 is 29.1 Å². The molecule has 1 aliphatic heterocycles. The molecule has 1 aliphatic rings. The van der Waals surface area contributed by atoms with Crippen LogP contribution in [0.2, 0.25) is 0 Å². The lowest BCUT2D eigenvalue weighted by Gasteiger charge is -2.29. The maximum absolute atomic E-state index is 12.0. The topological polar surface area (TPSA) is 85.0 Å². The molecule has 0 aromatic heterocycles. The van der Waals surface area contributed by atoms with Gasteiger partial charge in [-0.05, 0) is 53.2 Å². The summed E-state index contributed by atoms with van der Waals surface area (Å²) in [5, 5.41) is 3.50. The largest absolute Gasteiger partial charge is 0.465 e. The SMILES string of the molecule is CCOOCCN1CCCNCCN(CC(=O)OCC)CCCN(CCOOCC)CC1. The molecular formula is C22H46N4O6. The highest BCUT2D eigenvalue weighted by molar-refractivity contribution is 5.71. The molecule has 0 radical (unpaired) electrons. The van der Waals surface area contributed by atoms with Crippen molar-refractivity contribution in [2.45, 2.75) is 33.6 Å². The molecule has 10 nitrogen and oxygen atoms in total. The Morgan fingerprint density at radius 1 is 0.688 bits per heavy atom. The summed E-state index contributed by atoms with van der Waals surface area (Å²) in [7, 11) is 0. The van der Waals surface area contributed by atoms with Crippen molar-refractivity contribution in [1.82, 2.24) is 20.0 Å². The summed E-state index contributed by atoms with van der Waals surface area (Å²) in [4.78, 5) is 39.5. The van der Waals surface area contributed by atoms with Crippen LogP contribution in [0.5, 0.6) is 0 Å². The molecule has 0 unspecified atom stereocenters. The predicted octanol–water partition coefficient (Wildman–Crippen LogP) is 0.775. The number of rotatable bonds is 13. The molecular weight excluding hydrogens is 416 g/mol. The smallest absolute Gasteiger partial charge is 0.320 e. The molecule has 0 amide bonds. The van der Waals surface area contributed by atoms with Gasteiger partial charge in [0.25, 0.3) is 0 Å². The van der Waals surface area contributed by atoms with Gasteiger partial charge in [-0.2, -0.15) is 0 Å². The fraction of sp³-hybridized carbons (Fsp3) is 0.955. The van der Waals surface area contributed by atoms with Crippen molar-refractivity contribution in [1.29, 1.82) is 0 Å². The minimum Gasteiger partial charge on any atom is -0.465 e. The predicted molar refractivity (Wildman–Crippen MR) is 123 cm³/mol. The first-order valence-electron chi connectivity index (χ1n) is 12.2. The van der Waals surface area contributed by atoms with Gasteiger partial charge < -0.3 is 10.1 Å². The van der Waals surface area contributed by atoms with Crippen LogP contribution in [0, 0.1) is 0 Å². The molecule has 190 valence electrons. The summed E-state index contributed by atoms with van der Waals surface area (Å²) in [6.45, 7) is 17.6. The van der Waals surface area contributed by atoms with Crippen LogP contribution in [0.4, 0.5) is 0 Å². The standard InChI is InChI=1S/C22H46N4O6/c1-4-28-22(27)21-26-13-8-12-25(18-20-32-30-6-3)16-15-24(17-19-31-29-5-2)11-7-9-23-10-14-26/h23H,4-21H2,1-3H3. The lowest BCUT2D eigenvalue weighted by molar-refractivity contribution is -0.292. The van der Waals surface area contributed by atoms with Crippen LogP contribution in [-0.2, 0) is 29.1 Å². The number of nitrogens with zero attached hydrogens (tertiary/aromatic N) is 3. The fourth-order valence-corrected chi connectivity index (χ4v) is 3.54. The summed E-state index contributed by atoms with van der Waals surface area (Å²) >= 11 is 0. The lowest BCUT2D eigenvalue weighted by atomic mass is 10.3. The molecule has 0 aliphatic carbocycles. The highest BCUT2D eigenvalue weighted by atomic mass is 17.2. The van der Waals surface area contributed by atoms with Gasteiger partial charge in [0.05, 0.1) is 39.6 Å². The number of carbonyl (C=O) groups is 1. The Balaban J connectivity index is 2.61. The molecule has 32 heavy (non-hydrogen) atoms. The summed E-state index contributed by atoms with van der Waals surface area (Å²) < 4.78 is 5.14. The number of esters is 1. The van der Waals surface area contributed by atoms with Crippen LogP contribution in [-0.4, -0.2) is 126 Å². The van der Waals surface area contributed by atoms with Gasteiger partial charge in [0.2, 0.25) is 0 Å². The quantitative estimate of drug-likeness (QED) is 0.183. The minimum atomic E-state index is -0.152. The van der Waals surface area contributed by atoms with Crippen LogP contribution < -0.4 is 5.32 Å². The molecule has 0 saturated carbocycles. The van der Waals surface area contributed by atoms with E-state index in [1.807, 2.05) is 20.8 Å². The number of carbonyl (C=O) groups excluding carboxylic acids is 1. The molecule has 1 heterocycles. The number of hydrogen-bond donors (Lipinski definition) is 1. The summed E-state index contributed by atoms with van der Waals surface area (Å²) in [6.07, 6.45) is 2.03. The normalized spacial score (nSPS) is 19.0. The van der Waals surface area contributed by atoms with Crippen molar-refractivity contribution in [2.75, 3.05) is 105 Å². The Bertz CT molecular complexity index is 447. The molecule has 10 heteroatoms. The zero-order valence-electron chi connectivity index (χ0n) is 20.5. The third kappa shape index (κ3) is 15.9. The molecule has 1 saturated heterocycles. The van der Waals surface area contributed by atoms with Crippen molar-refractivity contribution in [3.05, 3.63) is 0 Å². The van der Waals surface area contributed by atoms with Crippen molar-refractivity contribution in [2.24, 2.45) is 0 Å². The number of ether oxygens (including phenoxy) is 1. The Labute approximate surface area is 194 Å². The van der Waals surface area contributed by atoms with Gasteiger partial charge in [0.1, 0.15) is 0 Å². The maximum atomic E-state index is 12.0. The van der Waals surface area contributed by atoms with Gasteiger partial charge in [-0.1, -0.05) is 0 Å². The van der Waals surface area contributed by atoms with Crippen molar-refractivity contribution >= 4 is 5.97 Å². The summed E-state index contributed by atoms with van der Waals surface area (Å²) in [5.41, 5.74) is 0.